The lowest BCUT2D eigenvalue weighted by Crippen LogP contribution is -2.60. The first kappa shape index (κ1) is 31.5. The molecule has 0 saturated heterocycles. The molecule has 1 heterocycles. The number of carboxylic acids is 1. The maximum atomic E-state index is 13.8. The SMILES string of the molecule is CC[C@H](C)[C@H](NC(=O)C(C)(C)N(C)C)C(=O)N(C)[C@H](C[C@@H](OC(C)=O)c1nc(C(=O)O)cs1)C(C)C. The second-order valence-electron chi connectivity index (χ2n) is 10.3. The van der Waals surface area contributed by atoms with Crippen LogP contribution in [0.25, 0.3) is 0 Å². The van der Waals surface area contributed by atoms with Gasteiger partial charge in [-0.05, 0) is 39.8 Å². The van der Waals surface area contributed by atoms with Crippen LogP contribution >= 0.6 is 11.3 Å². The van der Waals surface area contributed by atoms with E-state index >= 15 is 0 Å². The van der Waals surface area contributed by atoms with Gasteiger partial charge in [0.2, 0.25) is 11.8 Å². The summed E-state index contributed by atoms with van der Waals surface area (Å²) in [5.74, 6) is -2.32. The number of likely N-dealkylation sites (N-methyl/N-ethyl adjacent to an activating group) is 2. The van der Waals surface area contributed by atoms with E-state index in [-0.39, 0.29) is 41.8 Å². The third-order valence-electron chi connectivity index (χ3n) is 6.83. The van der Waals surface area contributed by atoms with E-state index in [1.807, 2.05) is 41.8 Å². The molecule has 36 heavy (non-hydrogen) atoms. The van der Waals surface area contributed by atoms with E-state index in [4.69, 9.17) is 4.74 Å². The van der Waals surface area contributed by atoms with Crippen molar-refractivity contribution in [2.75, 3.05) is 21.1 Å². The van der Waals surface area contributed by atoms with Crippen molar-refractivity contribution in [1.82, 2.24) is 20.1 Å². The fourth-order valence-corrected chi connectivity index (χ4v) is 4.45. The summed E-state index contributed by atoms with van der Waals surface area (Å²) >= 11 is 1.10. The molecule has 1 aromatic heterocycles. The standard InChI is InChI=1S/C25H42N4O6S/c1-11-15(4)20(27-24(34)25(6,7)28(8)9)22(31)29(10)18(14(2)3)12-19(35-16(5)30)21-26-17(13-36-21)23(32)33/h13-15,18-20H,11-12H2,1-10H3,(H,27,34)(H,32,33)/t15-,18+,19+,20-/m0/s1. The van der Waals surface area contributed by atoms with Crippen molar-refractivity contribution in [3.63, 3.8) is 0 Å². The average molecular weight is 527 g/mol. The molecule has 4 atom stereocenters. The van der Waals surface area contributed by atoms with Gasteiger partial charge in [-0.1, -0.05) is 34.1 Å². The lowest BCUT2D eigenvalue weighted by atomic mass is 9.92. The molecule has 0 bridgehead atoms. The van der Waals surface area contributed by atoms with Crippen molar-refractivity contribution >= 4 is 35.1 Å². The maximum Gasteiger partial charge on any atom is 0.355 e. The van der Waals surface area contributed by atoms with Gasteiger partial charge < -0.3 is 20.1 Å². The predicted molar refractivity (Wildman–Crippen MR) is 139 cm³/mol. The molecule has 0 aliphatic rings. The highest BCUT2D eigenvalue weighted by atomic mass is 32.1. The zero-order valence-corrected chi connectivity index (χ0v) is 23.9. The number of aromatic nitrogens is 1. The molecule has 0 aliphatic carbocycles. The summed E-state index contributed by atoms with van der Waals surface area (Å²) in [5, 5.41) is 14.0. The number of hydrogen-bond acceptors (Lipinski definition) is 8. The van der Waals surface area contributed by atoms with Crippen LogP contribution in [-0.4, -0.2) is 82.4 Å². The third kappa shape index (κ3) is 7.99. The molecule has 0 saturated carbocycles. The lowest BCUT2D eigenvalue weighted by molar-refractivity contribution is -0.149. The summed E-state index contributed by atoms with van der Waals surface area (Å²) in [6.07, 6.45) is 0.107. The highest BCUT2D eigenvalue weighted by Crippen LogP contribution is 2.31. The molecule has 1 rings (SSSR count). The van der Waals surface area contributed by atoms with Crippen molar-refractivity contribution < 1.29 is 29.0 Å². The van der Waals surface area contributed by atoms with E-state index in [0.29, 0.717) is 11.4 Å². The second-order valence-corrected chi connectivity index (χ2v) is 11.2. The lowest BCUT2D eigenvalue weighted by Gasteiger charge is -2.38. The third-order valence-corrected chi connectivity index (χ3v) is 7.77. The van der Waals surface area contributed by atoms with Gasteiger partial charge in [0.15, 0.2) is 11.8 Å². The van der Waals surface area contributed by atoms with Crippen molar-refractivity contribution in [3.8, 4) is 0 Å². The fraction of sp³-hybridized carbons (Fsp3) is 0.720. The van der Waals surface area contributed by atoms with Crippen LogP contribution in [0.5, 0.6) is 0 Å². The zero-order valence-electron chi connectivity index (χ0n) is 23.1. The van der Waals surface area contributed by atoms with Crippen LogP contribution in [0.2, 0.25) is 0 Å². The number of aromatic carboxylic acids is 1. The summed E-state index contributed by atoms with van der Waals surface area (Å²) in [5.41, 5.74) is -0.935. The Morgan fingerprint density at radius 3 is 2.17 bits per heavy atom. The Morgan fingerprint density at radius 1 is 1.17 bits per heavy atom. The summed E-state index contributed by atoms with van der Waals surface area (Å²) in [6.45, 7) is 12.7. The van der Waals surface area contributed by atoms with Crippen molar-refractivity contribution in [1.29, 1.82) is 0 Å². The molecule has 0 fully saturated rings. The molecule has 2 amide bonds. The maximum absolute atomic E-state index is 13.8. The van der Waals surface area contributed by atoms with E-state index in [2.05, 4.69) is 10.3 Å². The number of hydrogen-bond donors (Lipinski definition) is 2. The number of carbonyl (C=O) groups is 4. The van der Waals surface area contributed by atoms with E-state index in [1.165, 1.54) is 12.3 Å². The van der Waals surface area contributed by atoms with Gasteiger partial charge in [0.1, 0.15) is 11.0 Å². The highest BCUT2D eigenvalue weighted by molar-refractivity contribution is 7.09. The molecule has 0 aromatic carbocycles. The highest BCUT2D eigenvalue weighted by Gasteiger charge is 2.38. The monoisotopic (exact) mass is 526 g/mol. The Bertz CT molecular complexity index is 929. The number of rotatable bonds is 13. The molecule has 0 radical (unpaired) electrons. The molecule has 0 unspecified atom stereocenters. The van der Waals surface area contributed by atoms with Crippen molar-refractivity contribution in [2.45, 2.75) is 85.0 Å². The molecule has 11 heteroatoms. The normalized spacial score (nSPS) is 15.2. The molecule has 10 nitrogen and oxygen atoms in total. The molecular formula is C25H42N4O6S. The van der Waals surface area contributed by atoms with Gasteiger partial charge in [-0.25, -0.2) is 9.78 Å². The van der Waals surface area contributed by atoms with E-state index in [9.17, 15) is 24.3 Å². The summed E-state index contributed by atoms with van der Waals surface area (Å²) < 4.78 is 5.51. The number of nitrogens with one attached hydrogen (secondary N) is 1. The predicted octanol–water partition coefficient (Wildman–Crippen LogP) is 3.19. The first-order valence-electron chi connectivity index (χ1n) is 12.1. The largest absolute Gasteiger partial charge is 0.476 e. The molecular weight excluding hydrogens is 484 g/mol. The summed E-state index contributed by atoms with van der Waals surface area (Å²) in [6, 6.07) is -1.11. The van der Waals surface area contributed by atoms with Gasteiger partial charge in [0.25, 0.3) is 0 Å². The number of thiazole rings is 1. The van der Waals surface area contributed by atoms with Gasteiger partial charge in [0.05, 0.1) is 5.54 Å². The van der Waals surface area contributed by atoms with Crippen LogP contribution in [0.1, 0.15) is 82.9 Å². The Labute approximate surface area is 218 Å². The van der Waals surface area contributed by atoms with Crippen LogP contribution < -0.4 is 5.32 Å². The first-order valence-corrected chi connectivity index (χ1v) is 13.0. The minimum atomic E-state index is -1.17. The number of carboxylic acid groups (broad SMARTS) is 1. The van der Waals surface area contributed by atoms with Crippen LogP contribution in [0.3, 0.4) is 0 Å². The van der Waals surface area contributed by atoms with E-state index in [1.54, 1.807) is 30.7 Å². The average Bonchev–Trinajstić information content (AvgIpc) is 3.28. The first-order chi connectivity index (χ1) is 16.5. The fourth-order valence-electron chi connectivity index (χ4n) is 3.62. The molecule has 0 aliphatic heterocycles. The number of esters is 1. The molecule has 0 spiro atoms. The van der Waals surface area contributed by atoms with Gasteiger partial charge in [-0.15, -0.1) is 11.3 Å². The van der Waals surface area contributed by atoms with Crippen molar-refractivity contribution in [2.24, 2.45) is 11.8 Å². The van der Waals surface area contributed by atoms with Crippen LogP contribution in [0.4, 0.5) is 0 Å². The summed E-state index contributed by atoms with van der Waals surface area (Å²) in [4.78, 5) is 57.5. The van der Waals surface area contributed by atoms with Crippen molar-refractivity contribution in [3.05, 3.63) is 16.1 Å². The number of nitrogens with zero attached hydrogens (tertiary/aromatic N) is 3. The van der Waals surface area contributed by atoms with Gasteiger partial charge in [-0.2, -0.15) is 0 Å². The van der Waals surface area contributed by atoms with Crippen LogP contribution in [-0.2, 0) is 19.1 Å². The van der Waals surface area contributed by atoms with Gasteiger partial charge in [0, 0.05) is 31.8 Å². The molecule has 204 valence electrons. The Hall–Kier alpha value is -2.53. The topological polar surface area (TPSA) is 129 Å². The summed E-state index contributed by atoms with van der Waals surface area (Å²) in [7, 11) is 5.30. The van der Waals surface area contributed by atoms with Crippen LogP contribution in [0, 0.1) is 11.8 Å². The second kappa shape index (κ2) is 13.1. The van der Waals surface area contributed by atoms with Gasteiger partial charge >= 0.3 is 11.9 Å². The number of ether oxygens (including phenoxy) is 1. The zero-order chi connectivity index (χ0) is 28.0. The van der Waals surface area contributed by atoms with E-state index < -0.39 is 29.6 Å². The number of carbonyl (C=O) groups excluding carboxylic acids is 3. The van der Waals surface area contributed by atoms with E-state index in [0.717, 1.165) is 11.3 Å². The van der Waals surface area contributed by atoms with Crippen LogP contribution in [0.15, 0.2) is 5.38 Å². The smallest absolute Gasteiger partial charge is 0.355 e. The van der Waals surface area contributed by atoms with Gasteiger partial charge in [-0.3, -0.25) is 19.3 Å². The minimum Gasteiger partial charge on any atom is -0.476 e. The quantitative estimate of drug-likeness (QED) is 0.375. The number of amides is 2. The Morgan fingerprint density at radius 2 is 1.75 bits per heavy atom. The minimum absolute atomic E-state index is 0.0255. The Kier molecular flexibility index (Phi) is 11.5. The Balaban J connectivity index is 3.27. The molecule has 2 N–H and O–H groups in total. The molecule has 1 aromatic rings.